The number of nitrogens with one attached hydrogen (secondary N) is 2. The van der Waals surface area contributed by atoms with Crippen molar-refractivity contribution in [3.63, 3.8) is 0 Å². The molecule has 0 aromatic heterocycles. The third kappa shape index (κ3) is 7.92. The predicted molar refractivity (Wildman–Crippen MR) is 119 cm³/mol. The highest BCUT2D eigenvalue weighted by atomic mass is 127. The minimum Gasteiger partial charge on any atom is -0.453 e. The van der Waals surface area contributed by atoms with E-state index in [-0.39, 0.29) is 24.0 Å². The molecule has 0 atom stereocenters. The molecule has 8 heteroatoms. The molecule has 1 amide bonds. The molecule has 1 aromatic carbocycles. The number of amides is 1. The van der Waals surface area contributed by atoms with Crippen LogP contribution in [-0.2, 0) is 16.0 Å². The summed E-state index contributed by atoms with van der Waals surface area (Å²) in [6.45, 7) is 8.24. The van der Waals surface area contributed by atoms with Gasteiger partial charge in [-0.3, -0.25) is 5.32 Å². The molecular formula is C19H31IN4O3. The van der Waals surface area contributed by atoms with E-state index in [0.29, 0.717) is 18.3 Å². The zero-order chi connectivity index (χ0) is 18.8. The Morgan fingerprint density at radius 2 is 1.89 bits per heavy atom. The minimum atomic E-state index is -0.472. The maximum atomic E-state index is 11.2. The van der Waals surface area contributed by atoms with Crippen LogP contribution in [-0.4, -0.2) is 56.4 Å². The van der Waals surface area contributed by atoms with Gasteiger partial charge in [-0.2, -0.15) is 0 Å². The van der Waals surface area contributed by atoms with Crippen molar-refractivity contribution < 1.29 is 14.3 Å². The predicted octanol–water partition coefficient (Wildman–Crippen LogP) is 3.45. The van der Waals surface area contributed by atoms with E-state index in [2.05, 4.69) is 27.2 Å². The summed E-state index contributed by atoms with van der Waals surface area (Å²) in [5.41, 5.74) is 1.79. The van der Waals surface area contributed by atoms with Crippen LogP contribution in [0.5, 0.6) is 0 Å². The van der Waals surface area contributed by atoms with Crippen molar-refractivity contribution >= 4 is 41.7 Å². The second-order valence-electron chi connectivity index (χ2n) is 6.13. The number of aliphatic imine (C=N–C) groups is 1. The lowest BCUT2D eigenvalue weighted by Crippen LogP contribution is -2.47. The molecule has 0 spiro atoms. The highest BCUT2D eigenvalue weighted by molar-refractivity contribution is 14.0. The normalized spacial score (nSPS) is 15.1. The first-order valence-corrected chi connectivity index (χ1v) is 9.25. The van der Waals surface area contributed by atoms with E-state index in [0.717, 1.165) is 50.6 Å². The molecule has 1 aliphatic rings. The Morgan fingerprint density at radius 1 is 1.22 bits per heavy atom. The maximum Gasteiger partial charge on any atom is 0.411 e. The first-order chi connectivity index (χ1) is 12.7. The first kappa shape index (κ1) is 23.5. The van der Waals surface area contributed by atoms with Crippen molar-refractivity contribution in [2.45, 2.75) is 39.3 Å². The van der Waals surface area contributed by atoms with Gasteiger partial charge in [0.1, 0.15) is 0 Å². The van der Waals surface area contributed by atoms with Crippen LogP contribution < -0.4 is 10.6 Å². The molecule has 1 aliphatic heterocycles. The van der Waals surface area contributed by atoms with E-state index in [4.69, 9.17) is 9.73 Å². The van der Waals surface area contributed by atoms with Gasteiger partial charge in [0.05, 0.1) is 19.8 Å². The number of carbonyl (C=O) groups is 1. The zero-order valence-corrected chi connectivity index (χ0v) is 18.7. The number of guanidine groups is 1. The first-order valence-electron chi connectivity index (χ1n) is 9.25. The van der Waals surface area contributed by atoms with Gasteiger partial charge in [-0.15, -0.1) is 24.0 Å². The van der Waals surface area contributed by atoms with Gasteiger partial charge in [-0.1, -0.05) is 12.1 Å². The number of likely N-dealkylation sites (tertiary alicyclic amines) is 1. The quantitative estimate of drug-likeness (QED) is 0.363. The fourth-order valence-corrected chi connectivity index (χ4v) is 2.92. The fraction of sp³-hybridized carbons (Fsp3) is 0.579. The van der Waals surface area contributed by atoms with Crippen molar-refractivity contribution in [2.75, 3.05) is 38.7 Å². The van der Waals surface area contributed by atoms with E-state index in [1.54, 1.807) is 0 Å². The van der Waals surface area contributed by atoms with Crippen LogP contribution in [0, 0.1) is 0 Å². The molecule has 0 unspecified atom stereocenters. The fourth-order valence-electron chi connectivity index (χ4n) is 2.92. The van der Waals surface area contributed by atoms with Crippen LogP contribution in [0.1, 0.15) is 32.3 Å². The molecule has 1 fully saturated rings. The van der Waals surface area contributed by atoms with Crippen molar-refractivity contribution in [2.24, 2.45) is 4.99 Å². The highest BCUT2D eigenvalue weighted by Gasteiger charge is 2.21. The maximum absolute atomic E-state index is 11.2. The van der Waals surface area contributed by atoms with Gasteiger partial charge in [-0.25, -0.2) is 9.79 Å². The summed E-state index contributed by atoms with van der Waals surface area (Å²) in [5, 5.41) is 6.02. The molecule has 2 N–H and O–H groups in total. The Labute approximate surface area is 178 Å². The third-order valence-corrected chi connectivity index (χ3v) is 4.28. The molecule has 1 saturated heterocycles. The number of methoxy groups -OCH3 is 1. The van der Waals surface area contributed by atoms with Crippen molar-refractivity contribution in [1.82, 2.24) is 10.2 Å². The van der Waals surface area contributed by atoms with Crippen molar-refractivity contribution in [1.29, 1.82) is 0 Å². The van der Waals surface area contributed by atoms with Crippen LogP contribution >= 0.6 is 24.0 Å². The number of nitrogens with zero attached hydrogens (tertiary/aromatic N) is 2. The summed E-state index contributed by atoms with van der Waals surface area (Å²) in [6, 6.07) is 7.61. The molecular weight excluding hydrogens is 459 g/mol. The highest BCUT2D eigenvalue weighted by Crippen LogP contribution is 2.15. The number of hydrogen-bond donors (Lipinski definition) is 2. The summed E-state index contributed by atoms with van der Waals surface area (Å²) in [5.74, 6) is 0.944. The van der Waals surface area contributed by atoms with E-state index < -0.39 is 6.09 Å². The van der Waals surface area contributed by atoms with Crippen LogP contribution in [0.25, 0.3) is 0 Å². The smallest absolute Gasteiger partial charge is 0.411 e. The summed E-state index contributed by atoms with van der Waals surface area (Å²) in [4.78, 5) is 18.3. The van der Waals surface area contributed by atoms with Crippen molar-refractivity contribution in [3.05, 3.63) is 29.8 Å². The minimum absolute atomic E-state index is 0. The van der Waals surface area contributed by atoms with E-state index in [1.165, 1.54) is 7.11 Å². The zero-order valence-electron chi connectivity index (χ0n) is 16.4. The number of rotatable bonds is 6. The lowest BCUT2D eigenvalue weighted by molar-refractivity contribution is 0.0263. The number of anilines is 1. The largest absolute Gasteiger partial charge is 0.453 e. The van der Waals surface area contributed by atoms with Gasteiger partial charge >= 0.3 is 6.09 Å². The average molecular weight is 490 g/mol. The molecule has 152 valence electrons. The molecule has 0 saturated carbocycles. The number of piperidine rings is 1. The molecule has 2 rings (SSSR count). The molecule has 27 heavy (non-hydrogen) atoms. The topological polar surface area (TPSA) is 75.2 Å². The molecule has 0 radical (unpaired) electrons. The standard InChI is InChI=1S/C19H30N4O3.HI/c1-4-20-18(23-12-10-17(11-13-23)26-5-2)21-14-15-6-8-16(9-7-15)22-19(24)25-3;/h6-9,17H,4-5,10-14H2,1-3H3,(H,20,21)(H,22,24);1H. The second kappa shape index (κ2) is 12.8. The Kier molecular flexibility index (Phi) is 11.1. The third-order valence-electron chi connectivity index (χ3n) is 4.28. The van der Waals surface area contributed by atoms with Crippen LogP contribution in [0.15, 0.2) is 29.3 Å². The molecule has 1 heterocycles. The molecule has 0 bridgehead atoms. The van der Waals surface area contributed by atoms with Gasteiger partial charge in [0.15, 0.2) is 5.96 Å². The number of ether oxygens (including phenoxy) is 2. The Balaban J connectivity index is 0.00000364. The van der Waals surface area contributed by atoms with E-state index in [9.17, 15) is 4.79 Å². The SMILES string of the molecule is CCNC(=NCc1ccc(NC(=O)OC)cc1)N1CCC(OCC)CC1.I. The number of carbonyl (C=O) groups excluding carboxylic acids is 1. The van der Waals surface area contributed by atoms with Gasteiger partial charge in [0.2, 0.25) is 0 Å². The Morgan fingerprint density at radius 3 is 2.44 bits per heavy atom. The molecule has 1 aromatic rings. The van der Waals surface area contributed by atoms with Gasteiger partial charge in [0.25, 0.3) is 0 Å². The average Bonchev–Trinajstić information content (AvgIpc) is 2.67. The Bertz CT molecular complexity index is 587. The van der Waals surface area contributed by atoms with Gasteiger partial charge < -0.3 is 19.7 Å². The van der Waals surface area contributed by atoms with Gasteiger partial charge in [0, 0.05) is 31.9 Å². The lowest BCUT2D eigenvalue weighted by atomic mass is 10.1. The number of halogens is 1. The van der Waals surface area contributed by atoms with E-state index in [1.807, 2.05) is 31.2 Å². The van der Waals surface area contributed by atoms with Crippen molar-refractivity contribution in [3.8, 4) is 0 Å². The monoisotopic (exact) mass is 490 g/mol. The number of hydrogen-bond acceptors (Lipinski definition) is 4. The second-order valence-corrected chi connectivity index (χ2v) is 6.13. The Hall–Kier alpha value is -1.55. The summed E-state index contributed by atoms with van der Waals surface area (Å²) in [7, 11) is 1.35. The van der Waals surface area contributed by atoms with Crippen LogP contribution in [0.2, 0.25) is 0 Å². The summed E-state index contributed by atoms with van der Waals surface area (Å²) >= 11 is 0. The molecule has 0 aliphatic carbocycles. The summed E-state index contributed by atoms with van der Waals surface area (Å²) < 4.78 is 10.3. The van der Waals surface area contributed by atoms with Crippen LogP contribution in [0.3, 0.4) is 0 Å². The lowest BCUT2D eigenvalue weighted by Gasteiger charge is -2.34. The van der Waals surface area contributed by atoms with E-state index >= 15 is 0 Å². The van der Waals surface area contributed by atoms with Gasteiger partial charge in [-0.05, 0) is 44.4 Å². The number of benzene rings is 1. The summed E-state index contributed by atoms with van der Waals surface area (Å²) in [6.07, 6.45) is 1.97. The van der Waals surface area contributed by atoms with Crippen LogP contribution in [0.4, 0.5) is 10.5 Å². The molecule has 7 nitrogen and oxygen atoms in total.